The molecule has 0 N–H and O–H groups in total. The van der Waals surface area contributed by atoms with E-state index in [1.54, 1.807) is 19.3 Å². The van der Waals surface area contributed by atoms with Crippen molar-refractivity contribution >= 4 is 44.9 Å². The second kappa shape index (κ2) is 10.3. The van der Waals surface area contributed by atoms with E-state index >= 15 is 0 Å². The Kier molecular flexibility index (Phi) is 7.20. The van der Waals surface area contributed by atoms with Gasteiger partial charge in [-0.3, -0.25) is 14.5 Å². The molecule has 1 fully saturated rings. The number of amides is 2. The second-order valence-corrected chi connectivity index (χ2v) is 9.35. The lowest BCUT2D eigenvalue weighted by Gasteiger charge is -2.14. The summed E-state index contributed by atoms with van der Waals surface area (Å²) in [4.78, 5) is 27.1. The van der Waals surface area contributed by atoms with E-state index in [0.29, 0.717) is 27.5 Å². The van der Waals surface area contributed by atoms with Gasteiger partial charge in [-0.05, 0) is 75.1 Å². The van der Waals surface area contributed by atoms with E-state index < -0.39 is 0 Å². The van der Waals surface area contributed by atoms with Gasteiger partial charge in [0, 0.05) is 0 Å². The van der Waals surface area contributed by atoms with Gasteiger partial charge >= 0.3 is 0 Å². The van der Waals surface area contributed by atoms with Crippen molar-refractivity contribution in [3.63, 3.8) is 0 Å². The molecule has 3 aromatic rings. The van der Waals surface area contributed by atoms with E-state index in [1.165, 1.54) is 4.90 Å². The number of imide groups is 1. The summed E-state index contributed by atoms with van der Waals surface area (Å²) in [6.45, 7) is 2.62. The molecule has 1 aliphatic rings. The number of methoxy groups -OCH3 is 1. The maximum atomic E-state index is 12.9. The minimum atomic E-state index is -0.298. The average molecular weight is 524 g/mol. The lowest BCUT2D eigenvalue weighted by atomic mass is 10.1. The molecule has 0 aromatic heterocycles. The highest BCUT2D eigenvalue weighted by molar-refractivity contribution is 9.10. The van der Waals surface area contributed by atoms with Gasteiger partial charge in [0.25, 0.3) is 11.1 Å². The van der Waals surface area contributed by atoms with Crippen molar-refractivity contribution in [2.45, 2.75) is 20.1 Å². The van der Waals surface area contributed by atoms with Crippen LogP contribution in [0.25, 0.3) is 6.08 Å². The van der Waals surface area contributed by atoms with Gasteiger partial charge in [0.2, 0.25) is 0 Å². The molecular weight excluding hydrogens is 502 g/mol. The van der Waals surface area contributed by atoms with E-state index in [0.717, 1.165) is 34.0 Å². The fourth-order valence-electron chi connectivity index (χ4n) is 3.44. The van der Waals surface area contributed by atoms with Crippen LogP contribution in [0.4, 0.5) is 4.79 Å². The lowest BCUT2D eigenvalue weighted by molar-refractivity contribution is -0.123. The zero-order valence-corrected chi connectivity index (χ0v) is 20.6. The fourth-order valence-corrected chi connectivity index (χ4v) is 4.85. The van der Waals surface area contributed by atoms with Crippen molar-refractivity contribution in [3.05, 3.63) is 98.4 Å². The van der Waals surface area contributed by atoms with Crippen LogP contribution in [0.15, 0.2) is 76.1 Å². The number of rotatable bonds is 7. The van der Waals surface area contributed by atoms with Crippen molar-refractivity contribution in [3.8, 4) is 11.5 Å². The van der Waals surface area contributed by atoms with Gasteiger partial charge in [0.05, 0.1) is 23.0 Å². The number of aryl methyl sites for hydroxylation is 1. The normalized spacial score (nSPS) is 14.8. The minimum Gasteiger partial charge on any atom is -0.493 e. The Bertz CT molecular complexity index is 1230. The van der Waals surface area contributed by atoms with Crippen LogP contribution < -0.4 is 9.47 Å². The van der Waals surface area contributed by atoms with Crippen molar-refractivity contribution in [2.24, 2.45) is 0 Å². The minimum absolute atomic E-state index is 0.258. The molecule has 1 aliphatic heterocycles. The number of halogens is 1. The first-order valence-corrected chi connectivity index (χ1v) is 11.9. The Morgan fingerprint density at radius 2 is 1.76 bits per heavy atom. The topological polar surface area (TPSA) is 55.8 Å². The molecule has 0 aliphatic carbocycles. The van der Waals surface area contributed by atoms with Gasteiger partial charge in [0.1, 0.15) is 6.61 Å². The van der Waals surface area contributed by atoms with Crippen molar-refractivity contribution in [1.82, 2.24) is 4.90 Å². The van der Waals surface area contributed by atoms with Gasteiger partial charge < -0.3 is 9.47 Å². The SMILES string of the molecule is COc1cc(/C=C2\SC(=O)N(Cc3ccccc3C)C2=O)cc(Br)c1OCc1ccccc1. The molecule has 7 heteroatoms. The van der Waals surface area contributed by atoms with Crippen molar-refractivity contribution in [1.29, 1.82) is 0 Å². The maximum absolute atomic E-state index is 12.9. The van der Waals surface area contributed by atoms with Crippen LogP contribution in [0, 0.1) is 6.92 Å². The molecule has 0 radical (unpaired) electrons. The summed E-state index contributed by atoms with van der Waals surface area (Å²) in [5.41, 5.74) is 3.76. The summed E-state index contributed by atoms with van der Waals surface area (Å²) in [5, 5.41) is -0.275. The Morgan fingerprint density at radius 1 is 1.03 bits per heavy atom. The quantitative estimate of drug-likeness (QED) is 0.327. The molecule has 0 unspecified atom stereocenters. The molecule has 0 spiro atoms. The number of hydrogen-bond donors (Lipinski definition) is 0. The van der Waals surface area contributed by atoms with Gasteiger partial charge in [-0.1, -0.05) is 54.6 Å². The molecule has 5 nitrogen and oxygen atoms in total. The Morgan fingerprint density at radius 3 is 2.48 bits per heavy atom. The van der Waals surface area contributed by atoms with Crippen LogP contribution in [0.2, 0.25) is 0 Å². The molecule has 3 aromatic carbocycles. The third kappa shape index (κ3) is 5.31. The van der Waals surface area contributed by atoms with Gasteiger partial charge in [-0.25, -0.2) is 0 Å². The fraction of sp³-hybridized carbons (Fsp3) is 0.154. The molecule has 168 valence electrons. The van der Waals surface area contributed by atoms with Gasteiger partial charge in [-0.15, -0.1) is 0 Å². The standard InChI is InChI=1S/C26H22BrNO4S/c1-17-8-6-7-11-20(17)15-28-25(29)23(33-26(28)30)14-19-12-21(27)24(22(13-19)31-2)32-16-18-9-4-3-5-10-18/h3-14H,15-16H2,1-2H3/b23-14-. The summed E-state index contributed by atoms with van der Waals surface area (Å²) in [6.07, 6.45) is 1.71. The number of hydrogen-bond acceptors (Lipinski definition) is 5. The number of carbonyl (C=O) groups is 2. The smallest absolute Gasteiger partial charge is 0.293 e. The molecule has 1 saturated heterocycles. The first-order chi connectivity index (χ1) is 16.0. The molecular formula is C26H22BrNO4S. The molecule has 0 bridgehead atoms. The third-order valence-electron chi connectivity index (χ3n) is 5.24. The number of ether oxygens (including phenoxy) is 2. The molecule has 1 heterocycles. The van der Waals surface area contributed by atoms with Gasteiger partial charge in [-0.2, -0.15) is 0 Å². The highest BCUT2D eigenvalue weighted by Gasteiger charge is 2.35. The van der Waals surface area contributed by atoms with E-state index in [9.17, 15) is 9.59 Å². The maximum Gasteiger partial charge on any atom is 0.293 e. The van der Waals surface area contributed by atoms with Crippen LogP contribution in [-0.2, 0) is 17.9 Å². The molecule has 33 heavy (non-hydrogen) atoms. The highest BCUT2D eigenvalue weighted by atomic mass is 79.9. The van der Waals surface area contributed by atoms with Crippen LogP contribution in [0.1, 0.15) is 22.3 Å². The van der Waals surface area contributed by atoms with Crippen molar-refractivity contribution < 1.29 is 19.1 Å². The second-order valence-electron chi connectivity index (χ2n) is 7.50. The van der Waals surface area contributed by atoms with Crippen LogP contribution in [-0.4, -0.2) is 23.2 Å². The summed E-state index contributed by atoms with van der Waals surface area (Å²) in [6, 6.07) is 21.2. The Hall–Kier alpha value is -3.03. The molecule has 0 saturated carbocycles. The summed E-state index contributed by atoms with van der Waals surface area (Å²) < 4.78 is 12.2. The molecule has 4 rings (SSSR count). The van der Waals surface area contributed by atoms with E-state index in [4.69, 9.17) is 9.47 Å². The number of nitrogens with zero attached hydrogens (tertiary/aromatic N) is 1. The van der Waals surface area contributed by atoms with Crippen LogP contribution in [0.5, 0.6) is 11.5 Å². The van der Waals surface area contributed by atoms with E-state index in [2.05, 4.69) is 15.9 Å². The summed E-state index contributed by atoms with van der Waals surface area (Å²) in [5.74, 6) is 0.810. The number of carbonyl (C=O) groups excluding carboxylic acids is 2. The molecule has 2 amide bonds. The zero-order chi connectivity index (χ0) is 23.4. The third-order valence-corrected chi connectivity index (χ3v) is 6.74. The number of benzene rings is 3. The van der Waals surface area contributed by atoms with Crippen LogP contribution >= 0.6 is 27.7 Å². The highest BCUT2D eigenvalue weighted by Crippen LogP contribution is 2.39. The van der Waals surface area contributed by atoms with Gasteiger partial charge in [0.15, 0.2) is 11.5 Å². The monoisotopic (exact) mass is 523 g/mol. The Labute approximate surface area is 205 Å². The Balaban J connectivity index is 1.54. The van der Waals surface area contributed by atoms with Crippen LogP contribution in [0.3, 0.4) is 0 Å². The molecule has 0 atom stereocenters. The van der Waals surface area contributed by atoms with E-state index in [-0.39, 0.29) is 17.7 Å². The predicted octanol–water partition coefficient (Wildman–Crippen LogP) is 6.58. The van der Waals surface area contributed by atoms with Crippen molar-refractivity contribution in [2.75, 3.05) is 7.11 Å². The zero-order valence-electron chi connectivity index (χ0n) is 18.2. The van der Waals surface area contributed by atoms with E-state index in [1.807, 2.05) is 67.6 Å². The summed E-state index contributed by atoms with van der Waals surface area (Å²) in [7, 11) is 1.57. The largest absolute Gasteiger partial charge is 0.493 e. The first kappa shape index (κ1) is 23.1. The first-order valence-electron chi connectivity index (χ1n) is 10.3. The predicted molar refractivity (Wildman–Crippen MR) is 134 cm³/mol. The average Bonchev–Trinajstić information content (AvgIpc) is 3.07. The lowest BCUT2D eigenvalue weighted by Crippen LogP contribution is -2.27. The summed E-state index contributed by atoms with van der Waals surface area (Å²) >= 11 is 4.49. The number of thioether (sulfide) groups is 1.